The van der Waals surface area contributed by atoms with Gasteiger partial charge in [-0.15, -0.1) is 0 Å². The number of hydrogen-bond acceptors (Lipinski definition) is 4. The van der Waals surface area contributed by atoms with Gasteiger partial charge < -0.3 is 10.2 Å². The molecule has 0 bridgehead atoms. The van der Waals surface area contributed by atoms with E-state index in [-0.39, 0.29) is 17.5 Å². The van der Waals surface area contributed by atoms with Gasteiger partial charge in [0.1, 0.15) is 11.5 Å². The lowest BCUT2D eigenvalue weighted by atomic mass is 10.1. The maximum Gasteiger partial charge on any atom is 0.124 e. The summed E-state index contributed by atoms with van der Waals surface area (Å²) in [4.78, 5) is 8.93. The SMILES string of the molecule is CCCC(C/N=C/c1ccccc1O)/N=C\c1ccccc1O. The standard InChI is InChI=1S/C19H22N2O2/c1-2-7-17(21-13-16-9-4-6-11-19(16)23)14-20-12-15-8-3-5-10-18(15)22/h3-6,8-13,17,22-23H,2,7,14H2,1H3/b20-12+,21-13-. The second-order valence-corrected chi connectivity index (χ2v) is 5.33. The van der Waals surface area contributed by atoms with E-state index in [1.54, 1.807) is 36.7 Å². The van der Waals surface area contributed by atoms with Gasteiger partial charge in [0.05, 0.1) is 12.6 Å². The first-order valence-electron chi connectivity index (χ1n) is 7.79. The zero-order valence-corrected chi connectivity index (χ0v) is 13.3. The van der Waals surface area contributed by atoms with E-state index in [0.29, 0.717) is 17.7 Å². The molecule has 1 atom stereocenters. The average molecular weight is 310 g/mol. The molecule has 2 aromatic carbocycles. The second kappa shape index (κ2) is 8.73. The van der Waals surface area contributed by atoms with Crippen molar-refractivity contribution in [3.05, 3.63) is 59.7 Å². The van der Waals surface area contributed by atoms with Crippen molar-refractivity contribution < 1.29 is 10.2 Å². The van der Waals surface area contributed by atoms with Gasteiger partial charge in [-0.1, -0.05) is 37.6 Å². The topological polar surface area (TPSA) is 65.2 Å². The van der Waals surface area contributed by atoms with Gasteiger partial charge in [0, 0.05) is 23.6 Å². The smallest absolute Gasteiger partial charge is 0.124 e. The van der Waals surface area contributed by atoms with E-state index in [1.165, 1.54) is 0 Å². The molecule has 2 rings (SSSR count). The summed E-state index contributed by atoms with van der Waals surface area (Å²) in [5, 5.41) is 19.5. The molecule has 0 aliphatic carbocycles. The molecule has 0 radical (unpaired) electrons. The number of rotatable bonds is 7. The Hall–Kier alpha value is -2.62. The quantitative estimate of drug-likeness (QED) is 0.764. The summed E-state index contributed by atoms with van der Waals surface area (Å²) in [5.41, 5.74) is 1.41. The van der Waals surface area contributed by atoms with Gasteiger partial charge in [-0.3, -0.25) is 9.98 Å². The van der Waals surface area contributed by atoms with Crippen molar-refractivity contribution >= 4 is 12.4 Å². The molecule has 4 nitrogen and oxygen atoms in total. The van der Waals surface area contributed by atoms with Crippen LogP contribution in [0.3, 0.4) is 0 Å². The van der Waals surface area contributed by atoms with Crippen molar-refractivity contribution in [3.63, 3.8) is 0 Å². The van der Waals surface area contributed by atoms with Gasteiger partial charge in [-0.05, 0) is 30.7 Å². The van der Waals surface area contributed by atoms with Crippen molar-refractivity contribution in [2.75, 3.05) is 6.54 Å². The van der Waals surface area contributed by atoms with Gasteiger partial charge >= 0.3 is 0 Å². The molecule has 1 unspecified atom stereocenters. The molecule has 4 heteroatoms. The fourth-order valence-electron chi connectivity index (χ4n) is 2.20. The first-order chi connectivity index (χ1) is 11.2. The number of hydrogen-bond donors (Lipinski definition) is 2. The predicted molar refractivity (Wildman–Crippen MR) is 95.0 cm³/mol. The van der Waals surface area contributed by atoms with Crippen molar-refractivity contribution in [2.45, 2.75) is 25.8 Å². The number of aromatic hydroxyl groups is 2. The van der Waals surface area contributed by atoms with E-state index >= 15 is 0 Å². The van der Waals surface area contributed by atoms with E-state index in [1.807, 2.05) is 24.3 Å². The fraction of sp³-hybridized carbons (Fsp3) is 0.263. The van der Waals surface area contributed by atoms with Crippen molar-refractivity contribution in [1.29, 1.82) is 0 Å². The summed E-state index contributed by atoms with van der Waals surface area (Å²) in [6.45, 7) is 2.65. The lowest BCUT2D eigenvalue weighted by Crippen LogP contribution is -2.09. The molecule has 0 heterocycles. The molecular weight excluding hydrogens is 288 g/mol. The zero-order valence-electron chi connectivity index (χ0n) is 13.3. The van der Waals surface area contributed by atoms with Gasteiger partial charge in [-0.2, -0.15) is 0 Å². The zero-order chi connectivity index (χ0) is 16.5. The molecule has 0 aromatic heterocycles. The molecule has 2 aromatic rings. The molecule has 0 saturated carbocycles. The lowest BCUT2D eigenvalue weighted by molar-refractivity contribution is 0.473. The number of benzene rings is 2. The highest BCUT2D eigenvalue weighted by Crippen LogP contribution is 2.15. The average Bonchev–Trinajstić information content (AvgIpc) is 2.55. The van der Waals surface area contributed by atoms with E-state index in [0.717, 1.165) is 12.8 Å². The highest BCUT2D eigenvalue weighted by atomic mass is 16.3. The van der Waals surface area contributed by atoms with Crippen LogP contribution in [0.2, 0.25) is 0 Å². The molecule has 0 saturated heterocycles. The molecule has 0 amide bonds. The molecule has 0 fully saturated rings. The van der Waals surface area contributed by atoms with Crippen LogP contribution in [0.15, 0.2) is 58.5 Å². The number of nitrogens with zero attached hydrogens (tertiary/aromatic N) is 2. The second-order valence-electron chi connectivity index (χ2n) is 5.33. The normalized spacial score (nSPS) is 12.9. The molecular formula is C19H22N2O2. The van der Waals surface area contributed by atoms with Gasteiger partial charge in [0.25, 0.3) is 0 Å². The minimum atomic E-state index is 0.0571. The maximum absolute atomic E-state index is 9.76. The van der Waals surface area contributed by atoms with Crippen LogP contribution in [0.1, 0.15) is 30.9 Å². The minimum absolute atomic E-state index is 0.0571. The van der Waals surface area contributed by atoms with E-state index in [9.17, 15) is 10.2 Å². The lowest BCUT2D eigenvalue weighted by Gasteiger charge is -2.08. The summed E-state index contributed by atoms with van der Waals surface area (Å²) in [7, 11) is 0. The van der Waals surface area contributed by atoms with Crippen LogP contribution < -0.4 is 0 Å². The van der Waals surface area contributed by atoms with Crippen LogP contribution in [0, 0.1) is 0 Å². The number of para-hydroxylation sites is 2. The first kappa shape index (κ1) is 16.7. The van der Waals surface area contributed by atoms with Gasteiger partial charge in [-0.25, -0.2) is 0 Å². The largest absolute Gasteiger partial charge is 0.507 e. The van der Waals surface area contributed by atoms with Crippen LogP contribution >= 0.6 is 0 Å². The summed E-state index contributed by atoms with van der Waals surface area (Å²) in [5.74, 6) is 0.449. The Labute approximate surface area is 136 Å². The van der Waals surface area contributed by atoms with E-state index in [4.69, 9.17) is 0 Å². The van der Waals surface area contributed by atoms with Crippen molar-refractivity contribution in [3.8, 4) is 11.5 Å². The third-order valence-electron chi connectivity index (χ3n) is 3.47. The highest BCUT2D eigenvalue weighted by Gasteiger charge is 2.04. The summed E-state index contributed by atoms with van der Waals surface area (Å²) >= 11 is 0. The van der Waals surface area contributed by atoms with Crippen LogP contribution in [-0.2, 0) is 0 Å². The number of phenols is 2. The monoisotopic (exact) mass is 310 g/mol. The van der Waals surface area contributed by atoms with E-state index < -0.39 is 0 Å². The Balaban J connectivity index is 2.01. The Morgan fingerprint density at radius 3 is 2.04 bits per heavy atom. The predicted octanol–water partition coefficient (Wildman–Crippen LogP) is 3.80. The molecule has 2 N–H and O–H groups in total. The Morgan fingerprint density at radius 1 is 0.913 bits per heavy atom. The summed E-state index contributed by atoms with van der Waals surface area (Å²) in [6, 6.07) is 14.3. The Morgan fingerprint density at radius 2 is 1.48 bits per heavy atom. The number of aliphatic imine (C=N–C) groups is 2. The fourth-order valence-corrected chi connectivity index (χ4v) is 2.20. The first-order valence-corrected chi connectivity index (χ1v) is 7.79. The van der Waals surface area contributed by atoms with Crippen LogP contribution in [0.25, 0.3) is 0 Å². The van der Waals surface area contributed by atoms with Crippen LogP contribution in [0.5, 0.6) is 11.5 Å². The summed E-state index contributed by atoms with van der Waals surface area (Å²) in [6.07, 6.45) is 5.30. The van der Waals surface area contributed by atoms with E-state index in [2.05, 4.69) is 16.9 Å². The van der Waals surface area contributed by atoms with Crippen molar-refractivity contribution in [1.82, 2.24) is 0 Å². The maximum atomic E-state index is 9.76. The minimum Gasteiger partial charge on any atom is -0.507 e. The molecule has 0 spiro atoms. The molecule has 0 aliphatic rings. The third-order valence-corrected chi connectivity index (χ3v) is 3.47. The molecule has 0 aliphatic heterocycles. The Kier molecular flexibility index (Phi) is 6.36. The molecule has 120 valence electrons. The van der Waals surface area contributed by atoms with Gasteiger partial charge in [0.15, 0.2) is 0 Å². The van der Waals surface area contributed by atoms with Gasteiger partial charge in [0.2, 0.25) is 0 Å². The Bertz CT molecular complexity index is 681. The summed E-state index contributed by atoms with van der Waals surface area (Å²) < 4.78 is 0. The number of phenolic OH excluding ortho intramolecular Hbond substituents is 2. The van der Waals surface area contributed by atoms with Crippen LogP contribution in [-0.4, -0.2) is 35.2 Å². The third kappa shape index (κ3) is 5.25. The van der Waals surface area contributed by atoms with Crippen molar-refractivity contribution in [2.24, 2.45) is 9.98 Å². The molecule has 23 heavy (non-hydrogen) atoms. The van der Waals surface area contributed by atoms with Crippen LogP contribution in [0.4, 0.5) is 0 Å². The highest BCUT2D eigenvalue weighted by molar-refractivity contribution is 5.84.